The van der Waals surface area contributed by atoms with Crippen LogP contribution in [-0.4, -0.2) is 19.9 Å². The molecule has 100 valence electrons. The van der Waals surface area contributed by atoms with Crippen LogP contribution >= 0.6 is 11.8 Å². The van der Waals surface area contributed by atoms with E-state index in [2.05, 4.69) is 19.9 Å². The predicted octanol–water partition coefficient (Wildman–Crippen LogP) is 1.75. The highest BCUT2D eigenvalue weighted by Gasteiger charge is 2.11. The van der Waals surface area contributed by atoms with Crippen molar-refractivity contribution in [3.63, 3.8) is 0 Å². The van der Waals surface area contributed by atoms with Crippen molar-refractivity contribution >= 4 is 28.9 Å². The summed E-state index contributed by atoms with van der Waals surface area (Å²) in [4.78, 5) is 27.9. The third kappa shape index (κ3) is 2.35. The molecular formula is C13H11N5OS. The van der Waals surface area contributed by atoms with Crippen LogP contribution in [0.25, 0.3) is 11.2 Å². The van der Waals surface area contributed by atoms with Crippen molar-refractivity contribution in [2.24, 2.45) is 0 Å². The molecule has 0 atom stereocenters. The van der Waals surface area contributed by atoms with Crippen LogP contribution in [0.2, 0.25) is 0 Å². The molecule has 0 radical (unpaired) electrons. The number of aromatic amines is 1. The van der Waals surface area contributed by atoms with Crippen LogP contribution in [0.4, 0.5) is 5.95 Å². The maximum absolute atomic E-state index is 11.7. The molecule has 0 spiro atoms. The first-order valence-corrected chi connectivity index (χ1v) is 6.72. The summed E-state index contributed by atoms with van der Waals surface area (Å²) in [6.07, 6.45) is 0. The highest BCUT2D eigenvalue weighted by Crippen LogP contribution is 2.28. The van der Waals surface area contributed by atoms with E-state index in [-0.39, 0.29) is 22.7 Å². The second kappa shape index (κ2) is 4.93. The summed E-state index contributed by atoms with van der Waals surface area (Å²) in [7, 11) is 0. The number of nitrogen functional groups attached to an aromatic ring is 1. The second-order valence-electron chi connectivity index (χ2n) is 4.15. The van der Waals surface area contributed by atoms with Gasteiger partial charge in [0.1, 0.15) is 5.03 Å². The van der Waals surface area contributed by atoms with Gasteiger partial charge in [-0.15, -0.1) is 0 Å². The minimum atomic E-state index is -0.376. The third-order valence-electron chi connectivity index (χ3n) is 2.65. The van der Waals surface area contributed by atoms with E-state index in [0.29, 0.717) is 10.7 Å². The zero-order chi connectivity index (χ0) is 14.1. The molecule has 2 aromatic heterocycles. The number of anilines is 1. The molecule has 0 amide bonds. The van der Waals surface area contributed by atoms with Gasteiger partial charge in [0.05, 0.1) is 5.69 Å². The maximum Gasteiger partial charge on any atom is 0.280 e. The van der Waals surface area contributed by atoms with Gasteiger partial charge in [-0.3, -0.25) is 9.78 Å². The molecule has 0 aliphatic carbocycles. The topological polar surface area (TPSA) is 97.5 Å². The molecule has 3 rings (SSSR count). The van der Waals surface area contributed by atoms with E-state index < -0.39 is 0 Å². The molecule has 0 bridgehead atoms. The molecule has 2 heterocycles. The second-order valence-corrected chi connectivity index (χ2v) is 5.21. The Labute approximate surface area is 118 Å². The molecule has 6 nitrogen and oxygen atoms in total. The average molecular weight is 285 g/mol. The monoisotopic (exact) mass is 285 g/mol. The zero-order valence-electron chi connectivity index (χ0n) is 10.6. The molecule has 3 N–H and O–H groups in total. The largest absolute Gasteiger partial charge is 0.369 e. The number of hydrogen-bond donors (Lipinski definition) is 2. The summed E-state index contributed by atoms with van der Waals surface area (Å²) in [5.41, 5.74) is 6.29. The number of benzene rings is 1. The fourth-order valence-electron chi connectivity index (χ4n) is 1.74. The number of aromatic nitrogens is 4. The Morgan fingerprint density at radius 2 is 1.90 bits per heavy atom. The number of nitrogens with zero attached hydrogens (tertiary/aromatic N) is 3. The minimum absolute atomic E-state index is 0.0383. The van der Waals surface area contributed by atoms with Gasteiger partial charge in [-0.1, -0.05) is 30.0 Å². The molecule has 0 aliphatic rings. The Bertz CT molecular complexity index is 831. The van der Waals surface area contributed by atoms with Crippen LogP contribution in [0.1, 0.15) is 5.69 Å². The average Bonchev–Trinajstić information content (AvgIpc) is 2.42. The molecule has 7 heteroatoms. The van der Waals surface area contributed by atoms with E-state index in [1.807, 2.05) is 37.3 Å². The molecule has 0 aliphatic heterocycles. The van der Waals surface area contributed by atoms with Gasteiger partial charge in [-0.05, 0) is 19.1 Å². The molecule has 20 heavy (non-hydrogen) atoms. The van der Waals surface area contributed by atoms with Crippen molar-refractivity contribution in [3.8, 4) is 0 Å². The number of rotatable bonds is 2. The van der Waals surface area contributed by atoms with Gasteiger partial charge in [0.25, 0.3) is 5.56 Å². The van der Waals surface area contributed by atoms with Crippen LogP contribution in [0.3, 0.4) is 0 Å². The summed E-state index contributed by atoms with van der Waals surface area (Å²) < 4.78 is 0. The van der Waals surface area contributed by atoms with Crippen molar-refractivity contribution in [2.75, 3.05) is 5.73 Å². The van der Waals surface area contributed by atoms with E-state index in [1.165, 1.54) is 11.8 Å². The van der Waals surface area contributed by atoms with E-state index in [9.17, 15) is 4.79 Å². The zero-order valence-corrected chi connectivity index (χ0v) is 11.4. The molecule has 1 aromatic carbocycles. The first-order chi connectivity index (χ1) is 9.63. The van der Waals surface area contributed by atoms with Crippen LogP contribution in [0, 0.1) is 6.92 Å². The molecule has 3 aromatic rings. The van der Waals surface area contributed by atoms with E-state index in [0.717, 1.165) is 4.90 Å². The van der Waals surface area contributed by atoms with Crippen molar-refractivity contribution in [1.82, 2.24) is 19.9 Å². The summed E-state index contributed by atoms with van der Waals surface area (Å²) in [6, 6.07) is 9.82. The number of aryl methyl sites for hydroxylation is 1. The summed E-state index contributed by atoms with van der Waals surface area (Å²) in [5, 5.41) is 0.709. The molecule has 0 saturated heterocycles. The lowest BCUT2D eigenvalue weighted by Crippen LogP contribution is -2.14. The quantitative estimate of drug-likeness (QED) is 0.744. The third-order valence-corrected chi connectivity index (χ3v) is 3.74. The van der Waals surface area contributed by atoms with Crippen molar-refractivity contribution in [1.29, 1.82) is 0 Å². The van der Waals surface area contributed by atoms with Gasteiger partial charge >= 0.3 is 0 Å². The number of fused-ring (bicyclic) bond motifs is 1. The highest BCUT2D eigenvalue weighted by atomic mass is 32.2. The standard InChI is InChI=1S/C13H11N5OS/c1-7-12(20-8-5-3-2-4-6-8)16-10-9(15-7)11(19)18-13(14)17-10/h2-6H,1H3,(H3,14,16,17,18,19). The number of H-pyrrole nitrogens is 1. The van der Waals surface area contributed by atoms with E-state index in [1.54, 1.807) is 0 Å². The lowest BCUT2D eigenvalue weighted by Gasteiger charge is -2.05. The Hall–Kier alpha value is -2.41. The Morgan fingerprint density at radius 3 is 2.65 bits per heavy atom. The molecule has 0 fully saturated rings. The number of nitrogens with two attached hydrogens (primary N) is 1. The summed E-state index contributed by atoms with van der Waals surface area (Å²) in [5.74, 6) is 0.0383. The summed E-state index contributed by atoms with van der Waals surface area (Å²) >= 11 is 1.47. The fourth-order valence-corrected chi connectivity index (χ4v) is 2.58. The molecule has 0 unspecified atom stereocenters. The Morgan fingerprint density at radius 1 is 1.15 bits per heavy atom. The minimum Gasteiger partial charge on any atom is -0.369 e. The first-order valence-electron chi connectivity index (χ1n) is 5.90. The van der Waals surface area contributed by atoms with Gasteiger partial charge in [0.15, 0.2) is 11.2 Å². The first kappa shape index (κ1) is 12.6. The van der Waals surface area contributed by atoms with Gasteiger partial charge in [-0.2, -0.15) is 4.98 Å². The summed E-state index contributed by atoms with van der Waals surface area (Å²) in [6.45, 7) is 1.81. The van der Waals surface area contributed by atoms with Gasteiger partial charge < -0.3 is 5.73 Å². The van der Waals surface area contributed by atoms with Gasteiger partial charge in [0, 0.05) is 4.90 Å². The van der Waals surface area contributed by atoms with Crippen LogP contribution < -0.4 is 11.3 Å². The van der Waals surface area contributed by atoms with Crippen LogP contribution in [-0.2, 0) is 0 Å². The number of nitrogens with one attached hydrogen (secondary N) is 1. The van der Waals surface area contributed by atoms with Crippen molar-refractivity contribution in [2.45, 2.75) is 16.8 Å². The predicted molar refractivity (Wildman–Crippen MR) is 77.7 cm³/mol. The SMILES string of the molecule is Cc1nc2c(=O)[nH]c(N)nc2nc1Sc1ccccc1. The van der Waals surface area contributed by atoms with E-state index in [4.69, 9.17) is 5.73 Å². The fraction of sp³-hybridized carbons (Fsp3) is 0.0769. The van der Waals surface area contributed by atoms with Crippen LogP contribution in [0.5, 0.6) is 0 Å². The number of hydrogen-bond acceptors (Lipinski definition) is 6. The van der Waals surface area contributed by atoms with Crippen LogP contribution in [0.15, 0.2) is 45.0 Å². The van der Waals surface area contributed by atoms with Gasteiger partial charge in [0.2, 0.25) is 5.95 Å². The van der Waals surface area contributed by atoms with Gasteiger partial charge in [-0.25, -0.2) is 9.97 Å². The Balaban J connectivity index is 2.12. The van der Waals surface area contributed by atoms with Crippen molar-refractivity contribution < 1.29 is 0 Å². The highest BCUT2D eigenvalue weighted by molar-refractivity contribution is 7.99. The normalized spacial score (nSPS) is 10.8. The lowest BCUT2D eigenvalue weighted by atomic mass is 10.4. The Kier molecular flexibility index (Phi) is 3.11. The molecular weight excluding hydrogens is 274 g/mol. The van der Waals surface area contributed by atoms with E-state index >= 15 is 0 Å². The lowest BCUT2D eigenvalue weighted by molar-refractivity contribution is 0.999. The maximum atomic E-state index is 11.7. The molecule has 0 saturated carbocycles. The smallest absolute Gasteiger partial charge is 0.280 e. The van der Waals surface area contributed by atoms with Crippen molar-refractivity contribution in [3.05, 3.63) is 46.4 Å².